The fourth-order valence-electron chi connectivity index (χ4n) is 11.5. The molecule has 0 amide bonds. The third-order valence-corrected chi connectivity index (χ3v) is 14.0. The minimum atomic E-state index is -0.494. The van der Waals surface area contributed by atoms with Gasteiger partial charge in [-0.05, 0) is 103 Å². The molecule has 11 aromatic rings. The van der Waals surface area contributed by atoms with E-state index >= 15 is 0 Å². The Morgan fingerprint density at radius 2 is 0.719 bits per heavy atom. The second kappa shape index (κ2) is 14.2. The van der Waals surface area contributed by atoms with Crippen molar-refractivity contribution in [1.29, 1.82) is 0 Å². The van der Waals surface area contributed by atoms with E-state index in [-0.39, 0.29) is 0 Å². The molecule has 1 aromatic heterocycles. The van der Waals surface area contributed by atoms with Crippen molar-refractivity contribution >= 4 is 39.0 Å². The molecule has 0 aliphatic heterocycles. The van der Waals surface area contributed by atoms with E-state index in [2.05, 4.69) is 248 Å². The summed E-state index contributed by atoms with van der Waals surface area (Å²) in [5.41, 5.74) is 19.0. The highest BCUT2D eigenvalue weighted by Gasteiger charge is 2.47. The lowest BCUT2D eigenvalue weighted by molar-refractivity contribution is 0.669. The molecule has 0 N–H and O–H groups in total. The van der Waals surface area contributed by atoms with E-state index in [4.69, 9.17) is 4.42 Å². The fourth-order valence-corrected chi connectivity index (χ4v) is 11.5. The fraction of sp³-hybridized carbons (Fsp3) is 0.0323. The number of fused-ring (bicyclic) bond motifs is 9. The van der Waals surface area contributed by atoms with Crippen molar-refractivity contribution in [3.8, 4) is 22.3 Å². The van der Waals surface area contributed by atoms with Crippen LogP contribution in [0.25, 0.3) is 44.2 Å². The first-order valence-corrected chi connectivity index (χ1v) is 22.2. The summed E-state index contributed by atoms with van der Waals surface area (Å²) in [4.78, 5) is 2.40. The molecule has 0 saturated heterocycles. The van der Waals surface area contributed by atoms with Crippen LogP contribution in [0.15, 0.2) is 253 Å². The molecule has 2 heteroatoms. The minimum Gasteiger partial charge on any atom is -0.454 e. The molecule has 1 heterocycles. The molecule has 0 radical (unpaired) electrons. The van der Waals surface area contributed by atoms with Crippen molar-refractivity contribution in [2.75, 3.05) is 4.90 Å². The normalized spacial score (nSPS) is 13.9. The van der Waals surface area contributed by atoms with Gasteiger partial charge in [-0.1, -0.05) is 212 Å². The molecule has 0 unspecified atom stereocenters. The van der Waals surface area contributed by atoms with Crippen molar-refractivity contribution in [2.45, 2.75) is 10.8 Å². The van der Waals surface area contributed by atoms with Gasteiger partial charge in [0.25, 0.3) is 0 Å². The maximum absolute atomic E-state index is 6.82. The van der Waals surface area contributed by atoms with E-state index in [1.807, 2.05) is 6.07 Å². The van der Waals surface area contributed by atoms with Crippen molar-refractivity contribution in [3.05, 3.63) is 293 Å². The van der Waals surface area contributed by atoms with E-state index in [1.165, 1.54) is 66.8 Å². The molecule has 0 saturated carbocycles. The van der Waals surface area contributed by atoms with Crippen LogP contribution in [0.1, 0.15) is 44.5 Å². The number of rotatable bonds is 7. The predicted octanol–water partition coefficient (Wildman–Crippen LogP) is 15.8. The van der Waals surface area contributed by atoms with Crippen LogP contribution in [0.5, 0.6) is 0 Å². The van der Waals surface area contributed by atoms with Gasteiger partial charge in [0.05, 0.1) is 16.5 Å². The number of benzene rings is 10. The van der Waals surface area contributed by atoms with Crippen LogP contribution in [0.4, 0.5) is 17.1 Å². The molecule has 300 valence electrons. The van der Waals surface area contributed by atoms with Crippen LogP contribution in [0.2, 0.25) is 0 Å². The van der Waals surface area contributed by atoms with E-state index in [0.717, 1.165) is 39.0 Å². The number of para-hydroxylation sites is 2. The first kappa shape index (κ1) is 36.5. The third kappa shape index (κ3) is 5.02. The van der Waals surface area contributed by atoms with Crippen LogP contribution in [-0.2, 0) is 10.8 Å². The highest BCUT2D eigenvalue weighted by atomic mass is 16.3. The van der Waals surface area contributed by atoms with Gasteiger partial charge in [-0.2, -0.15) is 0 Å². The van der Waals surface area contributed by atoms with Gasteiger partial charge in [-0.15, -0.1) is 0 Å². The smallest absolute Gasteiger partial charge is 0.159 e. The van der Waals surface area contributed by atoms with Crippen LogP contribution in [0, 0.1) is 0 Å². The Kier molecular flexibility index (Phi) is 8.07. The summed E-state index contributed by atoms with van der Waals surface area (Å²) in [6.45, 7) is 0. The number of furan rings is 1. The van der Waals surface area contributed by atoms with Crippen LogP contribution < -0.4 is 4.90 Å². The van der Waals surface area contributed by atoms with Gasteiger partial charge < -0.3 is 9.32 Å². The van der Waals surface area contributed by atoms with Crippen LogP contribution >= 0.6 is 0 Å². The Morgan fingerprint density at radius 1 is 0.297 bits per heavy atom. The zero-order valence-corrected chi connectivity index (χ0v) is 35.0. The molecule has 13 rings (SSSR count). The summed E-state index contributed by atoms with van der Waals surface area (Å²) in [5.74, 6) is 0. The molecule has 2 nitrogen and oxygen atoms in total. The van der Waals surface area contributed by atoms with Crippen LogP contribution in [-0.4, -0.2) is 0 Å². The highest BCUT2D eigenvalue weighted by Crippen LogP contribution is 2.59. The van der Waals surface area contributed by atoms with Crippen molar-refractivity contribution in [2.24, 2.45) is 0 Å². The Hall–Kier alpha value is -8.20. The Balaban J connectivity index is 1.05. The lowest BCUT2D eigenvalue weighted by Gasteiger charge is -2.35. The Labute approximate surface area is 373 Å². The number of nitrogens with zero attached hydrogens (tertiary/aromatic N) is 1. The molecule has 64 heavy (non-hydrogen) atoms. The minimum absolute atomic E-state index is 0.488. The molecule has 10 aromatic carbocycles. The van der Waals surface area contributed by atoms with Gasteiger partial charge in [0.1, 0.15) is 5.58 Å². The quantitative estimate of drug-likeness (QED) is 0.159. The highest BCUT2D eigenvalue weighted by molar-refractivity contribution is 6.10. The van der Waals surface area contributed by atoms with E-state index in [1.54, 1.807) is 0 Å². The number of hydrogen-bond donors (Lipinski definition) is 0. The Morgan fingerprint density at radius 3 is 1.28 bits per heavy atom. The molecular weight excluding hydrogens is 775 g/mol. The summed E-state index contributed by atoms with van der Waals surface area (Å²) < 4.78 is 6.82. The van der Waals surface area contributed by atoms with Crippen LogP contribution in [0.3, 0.4) is 0 Å². The predicted molar refractivity (Wildman–Crippen MR) is 263 cm³/mol. The molecule has 0 bridgehead atoms. The molecule has 2 aliphatic rings. The number of anilines is 3. The molecule has 0 spiro atoms. The van der Waals surface area contributed by atoms with Gasteiger partial charge in [0, 0.05) is 22.1 Å². The van der Waals surface area contributed by atoms with Crippen molar-refractivity contribution in [3.63, 3.8) is 0 Å². The largest absolute Gasteiger partial charge is 0.454 e. The van der Waals surface area contributed by atoms with Gasteiger partial charge >= 0.3 is 0 Å². The topological polar surface area (TPSA) is 16.4 Å². The Bertz CT molecular complexity index is 3470. The zero-order chi connectivity index (χ0) is 42.2. The summed E-state index contributed by atoms with van der Waals surface area (Å²) in [5, 5.41) is 2.20. The first-order chi connectivity index (χ1) is 31.8. The van der Waals surface area contributed by atoms with E-state index in [9.17, 15) is 0 Å². The average molecular weight is 816 g/mol. The SMILES string of the molecule is c1ccc(C2(c3ccc(N(c4ccc5c(c4)-c4ccccc4C5(c4ccccc4)c4ccccc4)c4cccc5c4oc4ccccc45)cc3)c3ccccc3-c3ccccc32)cc1. The van der Waals surface area contributed by atoms with E-state index in [0.29, 0.717) is 0 Å². The zero-order valence-electron chi connectivity index (χ0n) is 35.0. The summed E-state index contributed by atoms with van der Waals surface area (Å²) in [7, 11) is 0. The first-order valence-electron chi connectivity index (χ1n) is 22.2. The lowest BCUT2D eigenvalue weighted by Crippen LogP contribution is -2.28. The summed E-state index contributed by atoms with van der Waals surface area (Å²) >= 11 is 0. The van der Waals surface area contributed by atoms with Crippen molar-refractivity contribution < 1.29 is 4.42 Å². The average Bonchev–Trinajstić information content (AvgIpc) is 4.01. The molecule has 0 atom stereocenters. The van der Waals surface area contributed by atoms with Gasteiger partial charge in [-0.25, -0.2) is 0 Å². The standard InChI is InChI=1S/C62H41NO/c1-4-19-42(20-5-1)61(43-21-6-2-7-22-43)56-32-16-12-27-50(56)53-41-47(39-40-57(53)61)63(58-33-18-29-52-51-28-13-17-34-59(51)64-60(52)58)46-37-35-45(36-38-46)62(44-23-8-3-9-24-44)54-30-14-10-25-48(54)49-26-11-15-31-55(49)62/h1-41H. The van der Waals surface area contributed by atoms with Gasteiger partial charge in [0.15, 0.2) is 5.58 Å². The van der Waals surface area contributed by atoms with Crippen molar-refractivity contribution in [1.82, 2.24) is 0 Å². The summed E-state index contributed by atoms with van der Waals surface area (Å²) in [6.07, 6.45) is 0. The van der Waals surface area contributed by atoms with Gasteiger partial charge in [-0.3, -0.25) is 0 Å². The molecular formula is C62H41NO. The molecule has 2 aliphatic carbocycles. The monoisotopic (exact) mass is 815 g/mol. The second-order valence-electron chi connectivity index (χ2n) is 17.1. The summed E-state index contributed by atoms with van der Waals surface area (Å²) in [6, 6.07) is 91.2. The third-order valence-electron chi connectivity index (χ3n) is 14.0. The maximum atomic E-state index is 6.82. The second-order valence-corrected chi connectivity index (χ2v) is 17.1. The van der Waals surface area contributed by atoms with Gasteiger partial charge in [0.2, 0.25) is 0 Å². The van der Waals surface area contributed by atoms with E-state index < -0.39 is 10.8 Å². The lowest BCUT2D eigenvalue weighted by atomic mass is 9.67. The molecule has 0 fully saturated rings. The maximum Gasteiger partial charge on any atom is 0.159 e. The number of hydrogen-bond acceptors (Lipinski definition) is 2.